The Hall–Kier alpha value is -2.59. The number of hydrogen-bond acceptors (Lipinski definition) is 9. The Kier molecular flexibility index (Phi) is 6.05. The van der Waals surface area contributed by atoms with Crippen molar-refractivity contribution in [3.63, 3.8) is 0 Å². The van der Waals surface area contributed by atoms with Crippen molar-refractivity contribution in [3.8, 4) is 9.88 Å². The van der Waals surface area contributed by atoms with Gasteiger partial charge in [-0.25, -0.2) is 9.97 Å². The van der Waals surface area contributed by atoms with Gasteiger partial charge in [-0.05, 0) is 44.2 Å². The lowest BCUT2D eigenvalue weighted by molar-refractivity contribution is -0.136. The van der Waals surface area contributed by atoms with Crippen LogP contribution in [0.2, 0.25) is 0 Å². The summed E-state index contributed by atoms with van der Waals surface area (Å²) in [5.41, 5.74) is 1.98. The van der Waals surface area contributed by atoms with Gasteiger partial charge < -0.3 is 14.7 Å². The summed E-state index contributed by atoms with van der Waals surface area (Å²) in [5.74, 6) is 1.18. The molecule has 0 N–H and O–H groups in total. The highest BCUT2D eigenvalue weighted by molar-refractivity contribution is 7.22. The molecule has 0 bridgehead atoms. The van der Waals surface area contributed by atoms with E-state index < -0.39 is 0 Å². The lowest BCUT2D eigenvalue weighted by Gasteiger charge is -2.38. The van der Waals surface area contributed by atoms with E-state index in [1.54, 1.807) is 22.7 Å². The largest absolute Gasteiger partial charge is 0.343 e. The molecule has 0 radical (unpaired) electrons. The van der Waals surface area contributed by atoms with Crippen LogP contribution in [0.3, 0.4) is 0 Å². The number of hydrogen-bond donors (Lipinski definition) is 0. The molecule has 5 rings (SSSR count). The maximum atomic E-state index is 13.1. The van der Waals surface area contributed by atoms with E-state index in [0.717, 1.165) is 84.5 Å². The predicted octanol–water partition coefficient (Wildman–Crippen LogP) is 3.24. The normalized spacial score (nSPS) is 17.8. The van der Waals surface area contributed by atoms with Gasteiger partial charge in [0.15, 0.2) is 5.01 Å². The Morgan fingerprint density at radius 3 is 2.34 bits per heavy atom. The summed E-state index contributed by atoms with van der Waals surface area (Å²) in [5, 5.41) is 12.7. The summed E-state index contributed by atoms with van der Waals surface area (Å²) < 4.78 is 0. The molecule has 0 aromatic carbocycles. The molecule has 2 aliphatic heterocycles. The van der Waals surface area contributed by atoms with Crippen molar-refractivity contribution in [2.24, 2.45) is 5.92 Å². The number of carbonyl (C=O) groups excluding carboxylic acids is 1. The van der Waals surface area contributed by atoms with Crippen molar-refractivity contribution in [1.29, 1.82) is 0 Å². The number of aryl methyl sites for hydroxylation is 2. The van der Waals surface area contributed by atoms with Crippen LogP contribution in [-0.2, 0) is 4.79 Å². The molecule has 2 aliphatic rings. The predicted molar refractivity (Wildman–Crippen MR) is 128 cm³/mol. The van der Waals surface area contributed by atoms with E-state index in [9.17, 15) is 4.79 Å². The Bertz CT molecular complexity index is 1050. The number of piperidine rings is 1. The average molecular weight is 470 g/mol. The summed E-state index contributed by atoms with van der Waals surface area (Å²) in [6.07, 6.45) is 1.71. The van der Waals surface area contributed by atoms with Gasteiger partial charge in [-0.2, -0.15) is 0 Å². The highest BCUT2D eigenvalue weighted by atomic mass is 32.1. The standard InChI is InChI=1S/C22H27N7OS2/c1-15-14-16(2)24-21(23-15)28-7-5-17(6-8-28)20(30)27-9-11-29(12-10-27)22-26-25-19(32-22)18-4-3-13-31-18/h3-4,13-14,17H,5-12H2,1-2H3. The molecular weight excluding hydrogens is 442 g/mol. The fourth-order valence-electron chi connectivity index (χ4n) is 4.39. The lowest BCUT2D eigenvalue weighted by atomic mass is 9.95. The van der Waals surface area contributed by atoms with Crippen LogP contribution in [-0.4, -0.2) is 70.2 Å². The molecule has 8 nitrogen and oxygen atoms in total. The quantitative estimate of drug-likeness (QED) is 0.580. The van der Waals surface area contributed by atoms with Gasteiger partial charge >= 0.3 is 0 Å². The molecule has 3 aromatic heterocycles. The molecule has 2 saturated heterocycles. The number of aromatic nitrogens is 4. The van der Waals surface area contributed by atoms with Crippen LogP contribution in [0, 0.1) is 19.8 Å². The van der Waals surface area contributed by atoms with Crippen LogP contribution < -0.4 is 9.80 Å². The minimum Gasteiger partial charge on any atom is -0.343 e. The van der Waals surface area contributed by atoms with Crippen molar-refractivity contribution in [1.82, 2.24) is 25.1 Å². The summed E-state index contributed by atoms with van der Waals surface area (Å²) >= 11 is 3.31. The molecule has 32 heavy (non-hydrogen) atoms. The number of rotatable bonds is 4. The van der Waals surface area contributed by atoms with E-state index in [4.69, 9.17) is 0 Å². The number of nitrogens with zero attached hydrogens (tertiary/aromatic N) is 7. The molecule has 10 heteroatoms. The zero-order valence-corrected chi connectivity index (χ0v) is 20.0. The molecule has 1 amide bonds. The first kappa shape index (κ1) is 21.3. The first-order valence-electron chi connectivity index (χ1n) is 11.0. The Balaban J connectivity index is 1.13. The third kappa shape index (κ3) is 4.47. The second-order valence-corrected chi connectivity index (χ2v) is 10.3. The van der Waals surface area contributed by atoms with Crippen molar-refractivity contribution in [3.05, 3.63) is 35.0 Å². The van der Waals surface area contributed by atoms with E-state index in [0.29, 0.717) is 5.91 Å². The molecule has 0 aliphatic carbocycles. The fraction of sp³-hybridized carbons (Fsp3) is 0.500. The number of anilines is 2. The second kappa shape index (κ2) is 9.11. The van der Waals surface area contributed by atoms with Crippen molar-refractivity contribution in [2.45, 2.75) is 26.7 Å². The van der Waals surface area contributed by atoms with Gasteiger partial charge in [0.25, 0.3) is 0 Å². The van der Waals surface area contributed by atoms with E-state index >= 15 is 0 Å². The van der Waals surface area contributed by atoms with Crippen LogP contribution in [0.25, 0.3) is 9.88 Å². The van der Waals surface area contributed by atoms with E-state index in [1.807, 2.05) is 30.9 Å². The summed E-state index contributed by atoms with van der Waals surface area (Å²) in [7, 11) is 0. The highest BCUT2D eigenvalue weighted by Gasteiger charge is 2.31. The first-order valence-corrected chi connectivity index (χ1v) is 12.7. The van der Waals surface area contributed by atoms with Crippen LogP contribution in [0.1, 0.15) is 24.2 Å². The summed E-state index contributed by atoms with van der Waals surface area (Å²) in [6.45, 7) is 8.75. The number of carbonyl (C=O) groups is 1. The highest BCUT2D eigenvalue weighted by Crippen LogP contribution is 2.32. The van der Waals surface area contributed by atoms with Gasteiger partial charge in [-0.15, -0.1) is 21.5 Å². The zero-order chi connectivity index (χ0) is 22.1. The molecule has 168 valence electrons. The number of thiophene rings is 1. The van der Waals surface area contributed by atoms with E-state index in [1.165, 1.54) is 0 Å². The van der Waals surface area contributed by atoms with Gasteiger partial charge in [0, 0.05) is 56.6 Å². The molecule has 0 spiro atoms. The van der Waals surface area contributed by atoms with Crippen LogP contribution in [0.4, 0.5) is 11.1 Å². The van der Waals surface area contributed by atoms with Gasteiger partial charge in [-0.1, -0.05) is 17.4 Å². The third-order valence-electron chi connectivity index (χ3n) is 6.11. The van der Waals surface area contributed by atoms with Crippen molar-refractivity contribution in [2.75, 3.05) is 49.1 Å². The number of amides is 1. The minimum atomic E-state index is 0.0932. The molecule has 0 atom stereocenters. The monoisotopic (exact) mass is 469 g/mol. The SMILES string of the molecule is Cc1cc(C)nc(N2CCC(C(=O)N3CCN(c4nnc(-c5cccs5)s4)CC3)CC2)n1. The second-order valence-electron chi connectivity index (χ2n) is 8.39. The Morgan fingerprint density at radius 1 is 0.969 bits per heavy atom. The van der Waals surface area contributed by atoms with Crippen LogP contribution in [0.5, 0.6) is 0 Å². The fourth-order valence-corrected chi connectivity index (χ4v) is 6.08. The third-order valence-corrected chi connectivity index (χ3v) is 8.13. The van der Waals surface area contributed by atoms with Crippen LogP contribution >= 0.6 is 22.7 Å². The van der Waals surface area contributed by atoms with Crippen molar-refractivity contribution >= 4 is 39.7 Å². The zero-order valence-electron chi connectivity index (χ0n) is 18.4. The smallest absolute Gasteiger partial charge is 0.225 e. The minimum absolute atomic E-state index is 0.0932. The molecule has 0 unspecified atom stereocenters. The lowest BCUT2D eigenvalue weighted by Crippen LogP contribution is -2.51. The molecule has 2 fully saturated rings. The molecule has 3 aromatic rings. The molecule has 0 saturated carbocycles. The topological polar surface area (TPSA) is 78.4 Å². The van der Waals surface area contributed by atoms with Gasteiger partial charge in [0.2, 0.25) is 17.0 Å². The van der Waals surface area contributed by atoms with E-state index in [-0.39, 0.29) is 5.92 Å². The van der Waals surface area contributed by atoms with Crippen molar-refractivity contribution < 1.29 is 4.79 Å². The van der Waals surface area contributed by atoms with Gasteiger partial charge in [0.1, 0.15) is 0 Å². The van der Waals surface area contributed by atoms with Gasteiger partial charge in [-0.3, -0.25) is 4.79 Å². The van der Waals surface area contributed by atoms with E-state index in [2.05, 4.69) is 41.4 Å². The first-order chi connectivity index (χ1) is 15.6. The summed E-state index contributed by atoms with van der Waals surface area (Å²) in [4.78, 5) is 29.9. The van der Waals surface area contributed by atoms with Gasteiger partial charge in [0.05, 0.1) is 4.88 Å². The Morgan fingerprint density at radius 2 is 1.69 bits per heavy atom. The summed E-state index contributed by atoms with van der Waals surface area (Å²) in [6, 6.07) is 6.10. The Labute approximate surface area is 195 Å². The average Bonchev–Trinajstić information content (AvgIpc) is 3.50. The maximum absolute atomic E-state index is 13.1. The number of piperazine rings is 1. The maximum Gasteiger partial charge on any atom is 0.225 e. The van der Waals surface area contributed by atoms with Crippen LogP contribution in [0.15, 0.2) is 23.6 Å². The molecule has 5 heterocycles. The molecular formula is C22H27N7OS2.